The predicted octanol–water partition coefficient (Wildman–Crippen LogP) is 2.59. The van der Waals surface area contributed by atoms with Crippen LogP contribution in [0.4, 0.5) is 13.2 Å². The summed E-state index contributed by atoms with van der Waals surface area (Å²) in [7, 11) is 1.26. The quantitative estimate of drug-likeness (QED) is 0.333. The lowest BCUT2D eigenvalue weighted by molar-refractivity contribution is 0.190. The van der Waals surface area contributed by atoms with E-state index in [0.717, 1.165) is 0 Å². The maximum atomic E-state index is 13.2. The molecule has 0 radical (unpaired) electrons. The zero-order valence-corrected chi connectivity index (χ0v) is 8.52. The van der Waals surface area contributed by atoms with Gasteiger partial charge in [-0.15, -0.1) is 0 Å². The minimum absolute atomic E-state index is 0.119. The number of hydrogen-bond acceptors (Lipinski definition) is 2. The van der Waals surface area contributed by atoms with E-state index >= 15 is 0 Å². The Morgan fingerprint density at radius 2 is 2.00 bits per heavy atom. The summed E-state index contributed by atoms with van der Waals surface area (Å²) in [6, 6.07) is 0. The summed E-state index contributed by atoms with van der Waals surface area (Å²) in [4.78, 5) is 0. The third kappa shape index (κ3) is 3.41. The maximum Gasteiger partial charge on any atom is 0.263 e. The largest absolute Gasteiger partial charge is 0.290 e. The molecule has 0 aliphatic heterocycles. The Morgan fingerprint density at radius 3 is 2.29 bits per heavy atom. The van der Waals surface area contributed by atoms with Gasteiger partial charge in [0.05, 0.1) is 0 Å². The van der Waals surface area contributed by atoms with Gasteiger partial charge in [0.15, 0.2) is 0 Å². The molecule has 5 heteroatoms. The van der Waals surface area contributed by atoms with Crippen LogP contribution in [0.25, 0.3) is 0 Å². The second kappa shape index (κ2) is 5.70. The summed E-state index contributed by atoms with van der Waals surface area (Å²) in [5.41, 5.74) is -0.422. The second-order valence-electron chi connectivity index (χ2n) is 2.90. The summed E-state index contributed by atoms with van der Waals surface area (Å²) in [5, 5.41) is 0.682. The summed E-state index contributed by atoms with van der Waals surface area (Å²) >= 11 is 0. The molecule has 0 aromatic rings. The molecular formula is C9H15F3N2. The lowest BCUT2D eigenvalue weighted by Crippen LogP contribution is -2.24. The normalized spacial score (nSPS) is 14.4. The molecule has 0 aromatic carbocycles. The van der Waals surface area contributed by atoms with E-state index in [1.165, 1.54) is 20.0 Å². The molecule has 0 saturated carbocycles. The van der Waals surface area contributed by atoms with Crippen molar-refractivity contribution in [3.05, 3.63) is 23.2 Å². The molecule has 0 aromatic heterocycles. The smallest absolute Gasteiger partial charge is 0.263 e. The fourth-order valence-electron chi connectivity index (χ4n) is 1.01. The van der Waals surface area contributed by atoms with Crippen molar-refractivity contribution < 1.29 is 13.2 Å². The summed E-state index contributed by atoms with van der Waals surface area (Å²) in [6.45, 7) is 2.99. The van der Waals surface area contributed by atoms with Crippen molar-refractivity contribution in [3.63, 3.8) is 0 Å². The van der Waals surface area contributed by atoms with Crippen LogP contribution in [0.1, 0.15) is 20.3 Å². The van der Waals surface area contributed by atoms with Crippen LogP contribution in [0.5, 0.6) is 0 Å². The van der Waals surface area contributed by atoms with E-state index < -0.39 is 12.4 Å². The van der Waals surface area contributed by atoms with Crippen LogP contribution in [0.15, 0.2) is 23.2 Å². The van der Waals surface area contributed by atoms with Gasteiger partial charge in [0.1, 0.15) is 0 Å². The number of alkyl halides is 2. The lowest BCUT2D eigenvalue weighted by Gasteiger charge is -2.14. The van der Waals surface area contributed by atoms with Gasteiger partial charge >= 0.3 is 0 Å². The van der Waals surface area contributed by atoms with Gasteiger partial charge in [-0.25, -0.2) is 14.6 Å². The first kappa shape index (κ1) is 13.0. The van der Waals surface area contributed by atoms with Crippen LogP contribution in [0.2, 0.25) is 0 Å². The predicted molar refractivity (Wildman–Crippen MR) is 50.1 cm³/mol. The van der Waals surface area contributed by atoms with Crippen LogP contribution in [-0.4, -0.2) is 18.5 Å². The number of halogens is 3. The van der Waals surface area contributed by atoms with Gasteiger partial charge < -0.3 is 0 Å². The van der Waals surface area contributed by atoms with Crippen LogP contribution in [0.3, 0.4) is 0 Å². The molecular weight excluding hydrogens is 193 g/mol. The number of allylic oxidation sites excluding steroid dienone is 3. The molecule has 0 spiro atoms. The average Bonchev–Trinajstić information content (AvgIpc) is 2.11. The molecule has 0 unspecified atom stereocenters. The molecule has 14 heavy (non-hydrogen) atoms. The van der Waals surface area contributed by atoms with Crippen molar-refractivity contribution in [1.82, 2.24) is 5.01 Å². The highest BCUT2D eigenvalue weighted by Crippen LogP contribution is 2.22. The van der Waals surface area contributed by atoms with Crippen molar-refractivity contribution in [2.75, 3.05) is 7.05 Å². The van der Waals surface area contributed by atoms with Crippen molar-refractivity contribution in [3.8, 4) is 0 Å². The molecule has 0 amide bonds. The van der Waals surface area contributed by atoms with Crippen molar-refractivity contribution in [2.45, 2.75) is 26.7 Å². The number of nitrogens with zero attached hydrogens (tertiary/aromatic N) is 1. The molecule has 0 heterocycles. The van der Waals surface area contributed by atoms with Gasteiger partial charge in [0, 0.05) is 18.2 Å². The van der Waals surface area contributed by atoms with Gasteiger partial charge in [-0.2, -0.15) is 4.39 Å². The third-order valence-corrected chi connectivity index (χ3v) is 1.71. The first-order valence-electron chi connectivity index (χ1n) is 4.25. The molecule has 0 fully saturated rings. The van der Waals surface area contributed by atoms with Gasteiger partial charge in [-0.1, -0.05) is 13.0 Å². The van der Waals surface area contributed by atoms with E-state index in [2.05, 4.69) is 0 Å². The van der Waals surface area contributed by atoms with Crippen LogP contribution < -0.4 is 5.84 Å². The zero-order chi connectivity index (χ0) is 11.3. The number of rotatable bonds is 4. The Labute approximate surface area is 81.8 Å². The van der Waals surface area contributed by atoms with Crippen molar-refractivity contribution in [1.29, 1.82) is 0 Å². The molecule has 2 N–H and O–H groups in total. The third-order valence-electron chi connectivity index (χ3n) is 1.71. The topological polar surface area (TPSA) is 29.3 Å². The van der Waals surface area contributed by atoms with Crippen LogP contribution in [0, 0.1) is 0 Å². The van der Waals surface area contributed by atoms with Gasteiger partial charge in [0.2, 0.25) is 5.95 Å². The van der Waals surface area contributed by atoms with Crippen LogP contribution >= 0.6 is 0 Å². The molecule has 82 valence electrons. The minimum Gasteiger partial charge on any atom is -0.290 e. The van der Waals surface area contributed by atoms with E-state index in [1.807, 2.05) is 0 Å². The second-order valence-corrected chi connectivity index (χ2v) is 2.90. The van der Waals surface area contributed by atoms with Gasteiger partial charge in [0.25, 0.3) is 6.43 Å². The molecule has 2 nitrogen and oxygen atoms in total. The molecule has 0 bridgehead atoms. The Bertz CT molecular complexity index is 244. The minimum atomic E-state index is -2.68. The highest BCUT2D eigenvalue weighted by Gasteiger charge is 2.17. The van der Waals surface area contributed by atoms with E-state index in [4.69, 9.17) is 5.84 Å². The highest BCUT2D eigenvalue weighted by atomic mass is 19.3. The van der Waals surface area contributed by atoms with Crippen molar-refractivity contribution in [2.24, 2.45) is 5.84 Å². The van der Waals surface area contributed by atoms with Crippen molar-refractivity contribution >= 4 is 0 Å². The first-order chi connectivity index (χ1) is 6.41. The highest BCUT2D eigenvalue weighted by molar-refractivity contribution is 5.32. The monoisotopic (exact) mass is 208 g/mol. The Kier molecular flexibility index (Phi) is 5.30. The summed E-state index contributed by atoms with van der Waals surface area (Å²) in [6.07, 6.45) is -0.956. The Hall–Kier alpha value is -0.970. The molecule has 0 saturated heterocycles. The summed E-state index contributed by atoms with van der Waals surface area (Å²) in [5.74, 6) is 4.26. The SMILES string of the molecule is CC/C=C(\C(C)=C(\F)N(C)N)C(F)F. The number of hydrogen-bond donors (Lipinski definition) is 1. The fourth-order valence-corrected chi connectivity index (χ4v) is 1.01. The van der Waals surface area contributed by atoms with E-state index in [-0.39, 0.29) is 11.1 Å². The van der Waals surface area contributed by atoms with Gasteiger partial charge in [-0.3, -0.25) is 5.01 Å². The fraction of sp³-hybridized carbons (Fsp3) is 0.556. The molecule has 0 rings (SSSR count). The standard InChI is InChI=1S/C9H15F3N2/c1-4-5-7(8(10)11)6(2)9(12)14(3)13/h5,8H,4,13H2,1-3H3/b7-5+,9-6-. The van der Waals surface area contributed by atoms with E-state index in [0.29, 0.717) is 11.4 Å². The maximum absolute atomic E-state index is 13.2. The first-order valence-corrected chi connectivity index (χ1v) is 4.25. The lowest BCUT2D eigenvalue weighted by atomic mass is 10.1. The molecule has 0 aliphatic carbocycles. The average molecular weight is 208 g/mol. The van der Waals surface area contributed by atoms with E-state index in [9.17, 15) is 13.2 Å². The summed E-state index contributed by atoms with van der Waals surface area (Å²) < 4.78 is 38.0. The van der Waals surface area contributed by atoms with E-state index in [1.54, 1.807) is 6.92 Å². The zero-order valence-electron chi connectivity index (χ0n) is 8.52. The molecule has 0 aliphatic rings. The van der Waals surface area contributed by atoms with Gasteiger partial charge in [-0.05, 0) is 13.3 Å². The van der Waals surface area contributed by atoms with Crippen LogP contribution in [-0.2, 0) is 0 Å². The number of hydrazine groups is 1. The number of nitrogens with two attached hydrogens (primary N) is 1. The Balaban J connectivity index is 5.04. The molecule has 0 atom stereocenters. The Morgan fingerprint density at radius 1 is 1.50 bits per heavy atom.